The molecule has 0 atom stereocenters. The predicted octanol–water partition coefficient (Wildman–Crippen LogP) is 2.30. The van der Waals surface area contributed by atoms with E-state index in [9.17, 15) is 0 Å². The summed E-state index contributed by atoms with van der Waals surface area (Å²) in [4.78, 5) is 4.55. The van der Waals surface area contributed by atoms with Gasteiger partial charge in [-0.3, -0.25) is 0 Å². The van der Waals surface area contributed by atoms with Crippen LogP contribution in [0.2, 0.25) is 0 Å². The molecule has 1 aliphatic rings. The highest BCUT2D eigenvalue weighted by Crippen LogP contribution is 2.26. The molecule has 2 heterocycles. The van der Waals surface area contributed by atoms with Crippen LogP contribution in [-0.2, 0) is 13.0 Å². The zero-order chi connectivity index (χ0) is 11.0. The summed E-state index contributed by atoms with van der Waals surface area (Å²) in [5.41, 5.74) is 3.36. The van der Waals surface area contributed by atoms with Crippen molar-refractivity contribution in [2.24, 2.45) is 0 Å². The molecule has 0 bridgehead atoms. The van der Waals surface area contributed by atoms with Gasteiger partial charge in [-0.15, -0.1) is 0 Å². The Morgan fingerprint density at radius 3 is 3.00 bits per heavy atom. The Morgan fingerprint density at radius 2 is 2.19 bits per heavy atom. The molecule has 1 aliphatic heterocycles. The van der Waals surface area contributed by atoms with Crippen LogP contribution in [0.5, 0.6) is 0 Å². The number of nitrogens with zero attached hydrogens (tertiary/aromatic N) is 1. The van der Waals surface area contributed by atoms with Gasteiger partial charge in [-0.05, 0) is 18.6 Å². The lowest BCUT2D eigenvalue weighted by atomic mass is 10.1. The van der Waals surface area contributed by atoms with E-state index in [2.05, 4.69) is 29.4 Å². The number of hydrogen-bond acceptors (Lipinski definition) is 3. The van der Waals surface area contributed by atoms with Gasteiger partial charge in [0.2, 0.25) is 5.89 Å². The zero-order valence-electron chi connectivity index (χ0n) is 9.29. The summed E-state index contributed by atoms with van der Waals surface area (Å²) < 4.78 is 5.82. The summed E-state index contributed by atoms with van der Waals surface area (Å²) in [6, 6.07) is 8.18. The van der Waals surface area contributed by atoms with Crippen molar-refractivity contribution >= 4 is 0 Å². The van der Waals surface area contributed by atoms with E-state index in [-0.39, 0.29) is 0 Å². The van der Waals surface area contributed by atoms with Gasteiger partial charge < -0.3 is 9.73 Å². The third kappa shape index (κ3) is 1.53. The summed E-state index contributed by atoms with van der Waals surface area (Å²) in [5.74, 6) is 1.80. The molecule has 82 valence electrons. The first-order chi connectivity index (χ1) is 7.84. The Morgan fingerprint density at radius 1 is 1.31 bits per heavy atom. The lowest BCUT2D eigenvalue weighted by Crippen LogP contribution is -2.22. The minimum absolute atomic E-state index is 0.756. The molecule has 0 unspecified atom stereocenters. The first kappa shape index (κ1) is 9.60. The molecular weight excluding hydrogens is 200 g/mol. The summed E-state index contributed by atoms with van der Waals surface area (Å²) in [5, 5.41) is 3.30. The number of aromatic nitrogens is 1. The van der Waals surface area contributed by atoms with E-state index in [1.165, 1.54) is 5.56 Å². The normalized spacial score (nSPS) is 14.8. The van der Waals surface area contributed by atoms with Gasteiger partial charge in [-0.2, -0.15) is 0 Å². The quantitative estimate of drug-likeness (QED) is 0.791. The van der Waals surface area contributed by atoms with Crippen molar-refractivity contribution in [1.29, 1.82) is 0 Å². The summed E-state index contributed by atoms with van der Waals surface area (Å²) in [6.45, 7) is 3.89. The third-order valence-corrected chi connectivity index (χ3v) is 2.98. The molecule has 3 nitrogen and oxygen atoms in total. The van der Waals surface area contributed by atoms with Crippen LogP contribution in [0.25, 0.3) is 11.5 Å². The molecule has 1 aromatic carbocycles. The van der Waals surface area contributed by atoms with Gasteiger partial charge in [0.1, 0.15) is 5.76 Å². The van der Waals surface area contributed by atoms with Gasteiger partial charge in [0, 0.05) is 25.1 Å². The lowest BCUT2D eigenvalue weighted by molar-refractivity contribution is 0.483. The second kappa shape index (κ2) is 3.76. The van der Waals surface area contributed by atoms with E-state index < -0.39 is 0 Å². The predicted molar refractivity (Wildman–Crippen MR) is 62.1 cm³/mol. The molecule has 0 spiro atoms. The number of nitrogens with one attached hydrogen (secondary N) is 1. The molecule has 0 fully saturated rings. The first-order valence-corrected chi connectivity index (χ1v) is 5.60. The van der Waals surface area contributed by atoms with Gasteiger partial charge >= 0.3 is 0 Å². The van der Waals surface area contributed by atoms with Crippen molar-refractivity contribution < 1.29 is 4.42 Å². The molecule has 2 aromatic rings. The Hall–Kier alpha value is -1.61. The maximum atomic E-state index is 5.82. The number of oxazole rings is 1. The van der Waals surface area contributed by atoms with Gasteiger partial charge in [-0.1, -0.05) is 18.2 Å². The van der Waals surface area contributed by atoms with Gasteiger partial charge in [0.25, 0.3) is 0 Å². The number of hydrogen-bond donors (Lipinski definition) is 1. The molecule has 0 amide bonds. The first-order valence-electron chi connectivity index (χ1n) is 5.60. The van der Waals surface area contributed by atoms with E-state index >= 15 is 0 Å². The standard InChI is InChI=1S/C13H14N2O/c1-9-4-2-3-5-10(9)13-15-11-8-14-7-6-12(11)16-13/h2-5,14H,6-8H2,1H3. The molecule has 1 aromatic heterocycles. The molecular formula is C13H14N2O. The van der Waals surface area contributed by atoms with Crippen LogP contribution in [-0.4, -0.2) is 11.5 Å². The van der Waals surface area contributed by atoms with Crippen LogP contribution < -0.4 is 5.32 Å². The van der Waals surface area contributed by atoms with E-state index in [1.807, 2.05) is 12.1 Å². The second-order valence-electron chi connectivity index (χ2n) is 4.13. The Kier molecular flexibility index (Phi) is 2.26. The van der Waals surface area contributed by atoms with E-state index in [0.29, 0.717) is 0 Å². The largest absolute Gasteiger partial charge is 0.441 e. The van der Waals surface area contributed by atoms with E-state index in [0.717, 1.165) is 42.4 Å². The van der Waals surface area contributed by atoms with Crippen LogP contribution in [0, 0.1) is 6.92 Å². The van der Waals surface area contributed by atoms with Crippen LogP contribution in [0.4, 0.5) is 0 Å². The topological polar surface area (TPSA) is 38.1 Å². The van der Waals surface area contributed by atoms with Crippen LogP contribution in [0.15, 0.2) is 28.7 Å². The number of benzene rings is 1. The smallest absolute Gasteiger partial charge is 0.226 e. The van der Waals surface area contributed by atoms with Crippen molar-refractivity contribution in [2.45, 2.75) is 19.9 Å². The number of fused-ring (bicyclic) bond motifs is 1. The van der Waals surface area contributed by atoms with Gasteiger partial charge in [-0.25, -0.2) is 4.98 Å². The average molecular weight is 214 g/mol. The fourth-order valence-electron chi connectivity index (χ4n) is 2.05. The fraction of sp³-hybridized carbons (Fsp3) is 0.308. The summed E-state index contributed by atoms with van der Waals surface area (Å²) in [7, 11) is 0. The Labute approximate surface area is 94.5 Å². The van der Waals surface area contributed by atoms with E-state index in [1.54, 1.807) is 0 Å². The SMILES string of the molecule is Cc1ccccc1-c1nc2c(o1)CCNC2. The van der Waals surface area contributed by atoms with Crippen molar-refractivity contribution in [3.8, 4) is 11.5 Å². The van der Waals surface area contributed by atoms with Crippen LogP contribution in [0.1, 0.15) is 17.0 Å². The Balaban J connectivity index is 2.07. The monoisotopic (exact) mass is 214 g/mol. The molecule has 3 rings (SSSR count). The minimum Gasteiger partial charge on any atom is -0.441 e. The van der Waals surface area contributed by atoms with E-state index in [4.69, 9.17) is 4.42 Å². The lowest BCUT2D eigenvalue weighted by Gasteiger charge is -2.08. The molecule has 16 heavy (non-hydrogen) atoms. The molecule has 0 saturated carbocycles. The fourth-order valence-corrected chi connectivity index (χ4v) is 2.05. The van der Waals surface area contributed by atoms with Crippen LogP contribution >= 0.6 is 0 Å². The number of rotatable bonds is 1. The van der Waals surface area contributed by atoms with Gasteiger partial charge in [0.15, 0.2) is 0 Å². The summed E-state index contributed by atoms with van der Waals surface area (Å²) in [6.07, 6.45) is 0.939. The molecule has 3 heteroatoms. The highest BCUT2D eigenvalue weighted by Gasteiger charge is 2.17. The molecule has 0 saturated heterocycles. The maximum absolute atomic E-state index is 5.82. The summed E-state index contributed by atoms with van der Waals surface area (Å²) >= 11 is 0. The minimum atomic E-state index is 0.756. The zero-order valence-corrected chi connectivity index (χ0v) is 9.29. The van der Waals surface area contributed by atoms with Crippen molar-refractivity contribution in [2.75, 3.05) is 6.54 Å². The molecule has 0 radical (unpaired) electrons. The Bertz CT molecular complexity index is 493. The van der Waals surface area contributed by atoms with Crippen molar-refractivity contribution in [3.05, 3.63) is 41.3 Å². The molecule has 0 aliphatic carbocycles. The number of aryl methyl sites for hydroxylation is 1. The second-order valence-corrected chi connectivity index (χ2v) is 4.13. The highest BCUT2D eigenvalue weighted by molar-refractivity contribution is 5.58. The molecule has 1 N–H and O–H groups in total. The third-order valence-electron chi connectivity index (χ3n) is 2.98. The highest BCUT2D eigenvalue weighted by atomic mass is 16.4. The van der Waals surface area contributed by atoms with Crippen LogP contribution in [0.3, 0.4) is 0 Å². The van der Waals surface area contributed by atoms with Crippen molar-refractivity contribution in [1.82, 2.24) is 10.3 Å². The average Bonchev–Trinajstić information content (AvgIpc) is 2.73. The van der Waals surface area contributed by atoms with Crippen molar-refractivity contribution in [3.63, 3.8) is 0 Å². The van der Waals surface area contributed by atoms with Gasteiger partial charge in [0.05, 0.1) is 5.69 Å². The maximum Gasteiger partial charge on any atom is 0.226 e.